The van der Waals surface area contributed by atoms with Crippen molar-refractivity contribution in [1.82, 2.24) is 19.4 Å². The fourth-order valence-corrected chi connectivity index (χ4v) is 11.6. The summed E-state index contributed by atoms with van der Waals surface area (Å²) in [5.41, 5.74) is 2.84. The number of carbonyl (C=O) groups is 1. The van der Waals surface area contributed by atoms with E-state index in [4.69, 9.17) is 25.8 Å². The third-order valence-electron chi connectivity index (χ3n) is 13.1. The smallest absolute Gasteiger partial charge is 0.264 e. The molecule has 1 amide bonds. The molecule has 0 aromatic heterocycles. The van der Waals surface area contributed by atoms with Crippen molar-refractivity contribution in [3.8, 4) is 5.75 Å². The molecule has 0 spiro atoms. The summed E-state index contributed by atoms with van der Waals surface area (Å²) in [6.07, 6.45) is 10.3. The van der Waals surface area contributed by atoms with Gasteiger partial charge >= 0.3 is 0 Å². The molecule has 7 rings (SSSR count). The van der Waals surface area contributed by atoms with E-state index in [1.807, 2.05) is 63.4 Å². The number of amides is 1. The molecule has 4 heterocycles. The first-order valence-electron chi connectivity index (χ1n) is 20.7. The van der Waals surface area contributed by atoms with Gasteiger partial charge in [0, 0.05) is 69.6 Å². The van der Waals surface area contributed by atoms with Gasteiger partial charge in [-0.05, 0) is 125 Å². The summed E-state index contributed by atoms with van der Waals surface area (Å²) < 4.78 is 50.1. The lowest BCUT2D eigenvalue weighted by Gasteiger charge is -2.53. The first kappa shape index (κ1) is 41.4. The molecule has 11 nitrogen and oxygen atoms in total. The van der Waals surface area contributed by atoms with Crippen LogP contribution >= 0.6 is 11.6 Å². The number of piperazine rings is 1. The lowest BCUT2D eigenvalue weighted by molar-refractivity contribution is -0.108. The van der Waals surface area contributed by atoms with E-state index in [2.05, 4.69) is 31.6 Å². The van der Waals surface area contributed by atoms with Gasteiger partial charge in [-0.25, -0.2) is 13.1 Å². The summed E-state index contributed by atoms with van der Waals surface area (Å²) >= 11 is 6.43. The second-order valence-electron chi connectivity index (χ2n) is 17.1. The summed E-state index contributed by atoms with van der Waals surface area (Å²) in [4.78, 5) is 23.4. The van der Waals surface area contributed by atoms with Crippen molar-refractivity contribution in [1.29, 1.82) is 0 Å². The molecule has 1 N–H and O–H groups in total. The van der Waals surface area contributed by atoms with E-state index in [9.17, 15) is 13.2 Å². The highest BCUT2D eigenvalue weighted by molar-refractivity contribution is 7.90. The monoisotopic (exact) mass is 811 g/mol. The summed E-state index contributed by atoms with van der Waals surface area (Å²) in [5, 5.41) is -0.0536. The predicted molar refractivity (Wildman–Crippen MR) is 222 cm³/mol. The van der Waals surface area contributed by atoms with E-state index in [0.717, 1.165) is 102 Å². The maximum atomic E-state index is 14.2. The first-order valence-corrected chi connectivity index (χ1v) is 22.6. The van der Waals surface area contributed by atoms with Gasteiger partial charge in [-0.3, -0.25) is 14.6 Å². The van der Waals surface area contributed by atoms with Crippen LogP contribution in [0.1, 0.15) is 66.9 Å². The molecular weight excluding hydrogens is 750 g/mol. The fraction of sp³-hybridized carbons (Fsp3) is 0.651. The zero-order valence-corrected chi connectivity index (χ0v) is 35.3. The highest BCUT2D eigenvalue weighted by Gasteiger charge is 2.49. The predicted octanol–water partition coefficient (Wildman–Crippen LogP) is 5.47. The fourth-order valence-electron chi connectivity index (χ4n) is 9.70. The Labute approximate surface area is 339 Å². The minimum absolute atomic E-state index is 0.242. The van der Waals surface area contributed by atoms with Gasteiger partial charge < -0.3 is 24.0 Å². The van der Waals surface area contributed by atoms with Crippen LogP contribution < -0.4 is 14.4 Å². The minimum Gasteiger partial charge on any atom is -0.487 e. The Morgan fingerprint density at radius 3 is 2.68 bits per heavy atom. The number of benzene rings is 2. The summed E-state index contributed by atoms with van der Waals surface area (Å²) in [6.45, 7) is 10.7. The van der Waals surface area contributed by atoms with Crippen LogP contribution in [0.5, 0.6) is 5.75 Å². The van der Waals surface area contributed by atoms with E-state index in [1.54, 1.807) is 6.07 Å². The lowest BCUT2D eigenvalue weighted by atomic mass is 9.63. The number of carbonyl (C=O) groups excluding carboxylic acids is 1. The zero-order valence-electron chi connectivity index (χ0n) is 33.8. The van der Waals surface area contributed by atoms with Crippen molar-refractivity contribution in [3.63, 3.8) is 0 Å². The first-order chi connectivity index (χ1) is 26.9. The van der Waals surface area contributed by atoms with E-state index in [-0.39, 0.29) is 11.8 Å². The van der Waals surface area contributed by atoms with Crippen LogP contribution in [-0.4, -0.2) is 133 Å². The maximum absolute atomic E-state index is 14.2. The molecule has 2 aromatic carbocycles. The third-order valence-corrected chi connectivity index (χ3v) is 15.3. The standard InChI is InChI=1S/C43H62ClN5O6S/c1-31-8-7-17-43(53-4,30-47-20-21-48-22-23-54-29-37(48)27-47)38-14-11-34(38)26-49-18-6-5-9-32-24-36(44)13-10-35(32)28-55-40-15-12-33(25-39(40)49)42(50)45-56(51,52)41(31)16-19-46(2)3/h7,10,12-13,15,17,24-25,31,34,37-38,41H,5-6,8-9,11,14,16,18-23,26-30H2,1-4H3,(H,45,50)/b17-7+/t31-,34-,37-,38+,41+,43-/m0/s1. The molecule has 3 fully saturated rings. The number of hydrogen-bond donors (Lipinski definition) is 1. The van der Waals surface area contributed by atoms with Crippen molar-refractivity contribution in [2.45, 2.75) is 75.4 Å². The Balaban J connectivity index is 1.27. The Morgan fingerprint density at radius 2 is 1.89 bits per heavy atom. The van der Waals surface area contributed by atoms with Gasteiger partial charge in [-0.15, -0.1) is 0 Å². The molecule has 13 heteroatoms. The number of nitrogens with one attached hydrogen (secondary N) is 1. The molecular formula is C43H62ClN5O6S. The van der Waals surface area contributed by atoms with Crippen LogP contribution in [0.4, 0.5) is 5.69 Å². The van der Waals surface area contributed by atoms with E-state index in [0.29, 0.717) is 54.3 Å². The molecule has 2 bridgehead atoms. The van der Waals surface area contributed by atoms with Crippen LogP contribution in [0.15, 0.2) is 48.6 Å². The highest BCUT2D eigenvalue weighted by Crippen LogP contribution is 2.47. The highest BCUT2D eigenvalue weighted by atomic mass is 35.5. The Kier molecular flexibility index (Phi) is 13.4. The van der Waals surface area contributed by atoms with Crippen molar-refractivity contribution in [2.24, 2.45) is 17.8 Å². The molecule has 0 radical (unpaired) electrons. The Bertz CT molecular complexity index is 1830. The van der Waals surface area contributed by atoms with Crippen molar-refractivity contribution in [3.05, 3.63) is 70.3 Å². The molecule has 5 aliphatic rings. The van der Waals surface area contributed by atoms with Crippen molar-refractivity contribution >= 4 is 33.2 Å². The topological polar surface area (TPSA) is 104 Å². The Morgan fingerprint density at radius 1 is 1.04 bits per heavy atom. The second kappa shape index (κ2) is 18.1. The minimum atomic E-state index is -4.04. The van der Waals surface area contributed by atoms with E-state index >= 15 is 0 Å². The van der Waals surface area contributed by atoms with Gasteiger partial charge in [0.1, 0.15) is 18.0 Å². The molecule has 1 saturated carbocycles. The number of fused-ring (bicyclic) bond motifs is 4. The number of morpholine rings is 1. The number of allylic oxidation sites excluding steroid dienone is 1. The molecule has 6 atom stereocenters. The van der Waals surface area contributed by atoms with Crippen molar-refractivity contribution in [2.75, 3.05) is 91.7 Å². The molecule has 56 heavy (non-hydrogen) atoms. The summed E-state index contributed by atoms with van der Waals surface area (Å²) in [6, 6.07) is 11.7. The number of sulfonamides is 1. The van der Waals surface area contributed by atoms with Crippen LogP contribution in [-0.2, 0) is 32.5 Å². The van der Waals surface area contributed by atoms with E-state index in [1.165, 1.54) is 5.56 Å². The quantitative estimate of drug-likeness (QED) is 0.379. The van der Waals surface area contributed by atoms with Crippen molar-refractivity contribution < 1.29 is 27.4 Å². The third kappa shape index (κ3) is 9.43. The van der Waals surface area contributed by atoms with Crippen LogP contribution in [0.2, 0.25) is 5.02 Å². The van der Waals surface area contributed by atoms with Gasteiger partial charge in [0.15, 0.2) is 0 Å². The maximum Gasteiger partial charge on any atom is 0.264 e. The number of aryl methyl sites for hydroxylation is 1. The zero-order chi connectivity index (χ0) is 39.5. The number of anilines is 1. The molecule has 0 unspecified atom stereocenters. The largest absolute Gasteiger partial charge is 0.487 e. The SMILES string of the molecule is CO[C@]1(CN2CCN3CCOC[C@@H]3C2)/C=C/C[C@H](C)[C@@H](CCN(C)C)S(=O)(=O)NC(=O)c2ccc3c(c2)N(CCCCc2cc(Cl)ccc2CO3)C[C@@H]2CC[C@H]21. The van der Waals surface area contributed by atoms with Gasteiger partial charge in [-0.2, -0.15) is 0 Å². The molecule has 4 aliphatic heterocycles. The number of methoxy groups -OCH3 is 1. The lowest BCUT2D eigenvalue weighted by Crippen LogP contribution is -2.62. The molecule has 2 saturated heterocycles. The summed E-state index contributed by atoms with van der Waals surface area (Å²) in [5.74, 6) is 0.403. The molecule has 2 aromatic rings. The summed E-state index contributed by atoms with van der Waals surface area (Å²) in [7, 11) is 1.70. The van der Waals surface area contributed by atoms with Gasteiger partial charge in [-0.1, -0.05) is 36.7 Å². The number of ether oxygens (including phenoxy) is 3. The average Bonchev–Trinajstić information content (AvgIpc) is 3.18. The van der Waals surface area contributed by atoms with Crippen LogP contribution in [0.25, 0.3) is 0 Å². The van der Waals surface area contributed by atoms with E-state index < -0.39 is 26.8 Å². The number of hydrogen-bond acceptors (Lipinski definition) is 10. The second-order valence-corrected chi connectivity index (χ2v) is 19.4. The van der Waals surface area contributed by atoms with Gasteiger partial charge in [0.05, 0.1) is 24.2 Å². The number of halogens is 1. The van der Waals surface area contributed by atoms with Gasteiger partial charge in [0.25, 0.3) is 5.91 Å². The van der Waals surface area contributed by atoms with Crippen LogP contribution in [0.3, 0.4) is 0 Å². The molecule has 308 valence electrons. The average molecular weight is 813 g/mol. The normalized spacial score (nSPS) is 31.1. The van der Waals surface area contributed by atoms with Gasteiger partial charge in [0.2, 0.25) is 10.0 Å². The van der Waals surface area contributed by atoms with Crippen LogP contribution in [0, 0.1) is 17.8 Å². The number of nitrogens with zero attached hydrogens (tertiary/aromatic N) is 4. The Hall–Kier alpha value is -2.71. The molecule has 1 aliphatic carbocycles. The number of rotatable bonds is 6.